The number of carbonyl (C=O) groups is 1. The van der Waals surface area contributed by atoms with Crippen LogP contribution in [0, 0.1) is 0 Å². The van der Waals surface area contributed by atoms with Crippen LogP contribution in [-0.2, 0) is 5.75 Å². The molecule has 5 nitrogen and oxygen atoms in total. The average Bonchev–Trinajstić information content (AvgIpc) is 3.06. The Balaban J connectivity index is 1.96. The number of nitrogens with one attached hydrogen (secondary N) is 1. The minimum absolute atomic E-state index is 0.123. The summed E-state index contributed by atoms with van der Waals surface area (Å²) >= 11 is 1.59. The molecule has 118 valence electrons. The van der Waals surface area contributed by atoms with Gasteiger partial charge in [-0.3, -0.25) is 9.89 Å². The lowest BCUT2D eigenvalue weighted by molar-refractivity contribution is 0.0755. The molecule has 2 rings (SSSR count). The van der Waals surface area contributed by atoms with Crippen molar-refractivity contribution in [2.75, 3.05) is 13.1 Å². The van der Waals surface area contributed by atoms with Gasteiger partial charge in [0.25, 0.3) is 5.91 Å². The van der Waals surface area contributed by atoms with Gasteiger partial charge < -0.3 is 4.90 Å². The molecule has 1 heterocycles. The highest BCUT2D eigenvalue weighted by atomic mass is 32.2. The molecule has 0 saturated carbocycles. The van der Waals surface area contributed by atoms with Gasteiger partial charge in [-0.25, -0.2) is 4.98 Å². The van der Waals surface area contributed by atoms with Crippen LogP contribution in [-0.4, -0.2) is 39.1 Å². The SMILES string of the molecule is CCCN(CCC)C(=O)c1ccc(CSc2ncn[nH]2)cc1. The van der Waals surface area contributed by atoms with E-state index in [0.29, 0.717) is 0 Å². The van der Waals surface area contributed by atoms with E-state index in [0.717, 1.165) is 48.0 Å². The third-order valence-corrected chi connectivity index (χ3v) is 4.19. The van der Waals surface area contributed by atoms with Gasteiger partial charge in [-0.05, 0) is 30.5 Å². The van der Waals surface area contributed by atoms with Gasteiger partial charge in [-0.1, -0.05) is 37.7 Å². The first kappa shape index (κ1) is 16.5. The van der Waals surface area contributed by atoms with E-state index in [9.17, 15) is 4.79 Å². The number of aromatic nitrogens is 3. The van der Waals surface area contributed by atoms with Crippen LogP contribution in [0.3, 0.4) is 0 Å². The Morgan fingerprint density at radius 1 is 1.18 bits per heavy atom. The zero-order valence-electron chi connectivity index (χ0n) is 13.1. The molecule has 0 fully saturated rings. The number of aromatic amines is 1. The van der Waals surface area contributed by atoms with Crippen molar-refractivity contribution in [2.45, 2.75) is 37.6 Å². The average molecular weight is 318 g/mol. The van der Waals surface area contributed by atoms with Gasteiger partial charge in [0.2, 0.25) is 0 Å². The normalized spacial score (nSPS) is 10.6. The fourth-order valence-electron chi connectivity index (χ4n) is 2.20. The molecule has 0 saturated heterocycles. The standard InChI is InChI=1S/C16H22N4OS/c1-3-9-20(10-4-2)15(21)14-7-5-13(6-8-14)11-22-16-17-12-18-19-16/h5-8,12H,3-4,9-11H2,1-2H3,(H,17,18,19). The Kier molecular flexibility index (Phi) is 6.45. The number of thioether (sulfide) groups is 1. The third-order valence-electron chi connectivity index (χ3n) is 3.24. The molecule has 0 aliphatic heterocycles. The second kappa shape index (κ2) is 8.58. The lowest BCUT2D eigenvalue weighted by atomic mass is 10.1. The van der Waals surface area contributed by atoms with Gasteiger partial charge in [0.1, 0.15) is 6.33 Å². The third kappa shape index (κ3) is 4.59. The zero-order chi connectivity index (χ0) is 15.8. The quantitative estimate of drug-likeness (QED) is 0.758. The Hall–Kier alpha value is -1.82. The summed E-state index contributed by atoms with van der Waals surface area (Å²) in [5.74, 6) is 0.926. The minimum Gasteiger partial charge on any atom is -0.339 e. The first-order valence-corrected chi connectivity index (χ1v) is 8.59. The summed E-state index contributed by atoms with van der Waals surface area (Å²) in [5, 5.41) is 7.44. The molecule has 6 heteroatoms. The fourth-order valence-corrected chi connectivity index (χ4v) is 2.93. The maximum atomic E-state index is 12.5. The first-order chi connectivity index (χ1) is 10.7. The number of hydrogen-bond donors (Lipinski definition) is 1. The first-order valence-electron chi connectivity index (χ1n) is 7.61. The van der Waals surface area contributed by atoms with E-state index >= 15 is 0 Å². The van der Waals surface area contributed by atoms with E-state index in [4.69, 9.17) is 0 Å². The van der Waals surface area contributed by atoms with Crippen LogP contribution in [0.1, 0.15) is 42.6 Å². The zero-order valence-corrected chi connectivity index (χ0v) is 13.9. The highest BCUT2D eigenvalue weighted by molar-refractivity contribution is 7.98. The van der Waals surface area contributed by atoms with Crippen LogP contribution < -0.4 is 0 Å². The number of benzene rings is 1. The van der Waals surface area contributed by atoms with E-state index in [1.54, 1.807) is 11.8 Å². The van der Waals surface area contributed by atoms with Crippen molar-refractivity contribution in [3.63, 3.8) is 0 Å². The number of amides is 1. The van der Waals surface area contributed by atoms with Crippen molar-refractivity contribution >= 4 is 17.7 Å². The summed E-state index contributed by atoms with van der Waals surface area (Å²) in [5.41, 5.74) is 1.92. The number of H-pyrrole nitrogens is 1. The Morgan fingerprint density at radius 3 is 2.41 bits per heavy atom. The molecule has 1 amide bonds. The summed E-state index contributed by atoms with van der Waals surface area (Å²) in [7, 11) is 0. The predicted octanol–water partition coefficient (Wildman–Crippen LogP) is 3.36. The summed E-state index contributed by atoms with van der Waals surface area (Å²) < 4.78 is 0. The molecule has 1 aromatic heterocycles. The van der Waals surface area contributed by atoms with E-state index < -0.39 is 0 Å². The molecule has 0 radical (unpaired) electrons. The smallest absolute Gasteiger partial charge is 0.253 e. The predicted molar refractivity (Wildman–Crippen MR) is 88.9 cm³/mol. The topological polar surface area (TPSA) is 61.9 Å². The fraction of sp³-hybridized carbons (Fsp3) is 0.438. The molecule has 0 aliphatic carbocycles. The molecule has 1 aromatic carbocycles. The molecule has 0 bridgehead atoms. The molecule has 0 spiro atoms. The summed E-state index contributed by atoms with van der Waals surface area (Å²) in [4.78, 5) is 18.5. The Morgan fingerprint density at radius 2 is 1.86 bits per heavy atom. The lowest BCUT2D eigenvalue weighted by Gasteiger charge is -2.21. The molecule has 0 unspecified atom stereocenters. The molecule has 0 atom stereocenters. The molecule has 0 aliphatic rings. The van der Waals surface area contributed by atoms with Crippen LogP contribution >= 0.6 is 11.8 Å². The van der Waals surface area contributed by atoms with Gasteiger partial charge in [0.05, 0.1) is 0 Å². The van der Waals surface area contributed by atoms with Gasteiger partial charge >= 0.3 is 0 Å². The molecule has 22 heavy (non-hydrogen) atoms. The number of rotatable bonds is 8. The molecule has 2 aromatic rings. The van der Waals surface area contributed by atoms with Crippen LogP contribution in [0.25, 0.3) is 0 Å². The summed E-state index contributed by atoms with van der Waals surface area (Å²) in [6.07, 6.45) is 3.47. The summed E-state index contributed by atoms with van der Waals surface area (Å²) in [6, 6.07) is 7.84. The molecular weight excluding hydrogens is 296 g/mol. The monoisotopic (exact) mass is 318 g/mol. The van der Waals surface area contributed by atoms with Crippen molar-refractivity contribution in [2.24, 2.45) is 0 Å². The van der Waals surface area contributed by atoms with Crippen LogP contribution in [0.5, 0.6) is 0 Å². The van der Waals surface area contributed by atoms with Crippen molar-refractivity contribution in [1.82, 2.24) is 20.1 Å². The van der Waals surface area contributed by atoms with Gasteiger partial charge in [0.15, 0.2) is 5.16 Å². The van der Waals surface area contributed by atoms with E-state index in [-0.39, 0.29) is 5.91 Å². The maximum Gasteiger partial charge on any atom is 0.253 e. The minimum atomic E-state index is 0.123. The molecular formula is C16H22N4OS. The van der Waals surface area contributed by atoms with Gasteiger partial charge in [0, 0.05) is 24.4 Å². The van der Waals surface area contributed by atoms with E-state index in [2.05, 4.69) is 29.0 Å². The largest absolute Gasteiger partial charge is 0.339 e. The molecule has 1 N–H and O–H groups in total. The second-order valence-electron chi connectivity index (χ2n) is 5.07. The number of nitrogens with zero attached hydrogens (tertiary/aromatic N) is 3. The number of hydrogen-bond acceptors (Lipinski definition) is 4. The van der Waals surface area contributed by atoms with Gasteiger partial charge in [-0.15, -0.1) is 0 Å². The highest BCUT2D eigenvalue weighted by Gasteiger charge is 2.13. The van der Waals surface area contributed by atoms with Crippen LogP contribution in [0.15, 0.2) is 35.7 Å². The van der Waals surface area contributed by atoms with Crippen molar-refractivity contribution in [3.8, 4) is 0 Å². The van der Waals surface area contributed by atoms with E-state index in [1.807, 2.05) is 29.2 Å². The van der Waals surface area contributed by atoms with Crippen LogP contribution in [0.4, 0.5) is 0 Å². The Bertz CT molecular complexity index is 562. The summed E-state index contributed by atoms with van der Waals surface area (Å²) in [6.45, 7) is 5.82. The van der Waals surface area contributed by atoms with Crippen molar-refractivity contribution in [1.29, 1.82) is 0 Å². The number of carbonyl (C=O) groups excluding carboxylic acids is 1. The van der Waals surface area contributed by atoms with Crippen molar-refractivity contribution in [3.05, 3.63) is 41.7 Å². The van der Waals surface area contributed by atoms with Gasteiger partial charge in [-0.2, -0.15) is 5.10 Å². The second-order valence-corrected chi connectivity index (χ2v) is 6.03. The maximum absolute atomic E-state index is 12.5. The van der Waals surface area contributed by atoms with E-state index in [1.165, 1.54) is 6.33 Å². The highest BCUT2D eigenvalue weighted by Crippen LogP contribution is 2.19. The Labute approximate surface area is 135 Å². The lowest BCUT2D eigenvalue weighted by Crippen LogP contribution is -2.32. The van der Waals surface area contributed by atoms with Crippen LogP contribution in [0.2, 0.25) is 0 Å². The van der Waals surface area contributed by atoms with Crippen molar-refractivity contribution < 1.29 is 4.79 Å².